The number of piperidine rings is 1. The van der Waals surface area contributed by atoms with E-state index >= 15 is 0 Å². The van der Waals surface area contributed by atoms with Gasteiger partial charge in [-0.25, -0.2) is 0 Å². The van der Waals surface area contributed by atoms with Crippen molar-refractivity contribution in [1.29, 1.82) is 0 Å². The van der Waals surface area contributed by atoms with Gasteiger partial charge in [0.2, 0.25) is 0 Å². The second-order valence-corrected chi connectivity index (χ2v) is 8.00. The van der Waals surface area contributed by atoms with Gasteiger partial charge in [0, 0.05) is 17.6 Å². The van der Waals surface area contributed by atoms with E-state index in [0.717, 1.165) is 16.6 Å². The van der Waals surface area contributed by atoms with Crippen LogP contribution in [0.2, 0.25) is 0 Å². The van der Waals surface area contributed by atoms with Crippen molar-refractivity contribution >= 4 is 21.8 Å². The molecule has 1 heterocycles. The molecule has 1 N–H and O–H groups in total. The van der Waals surface area contributed by atoms with E-state index in [1.54, 1.807) is 6.92 Å². The Morgan fingerprint density at radius 1 is 1.04 bits per heavy atom. The molecule has 0 unspecified atom stereocenters. The SMILES string of the molecule is C[C@H](Oc1ccc(Br)cc1)C(=O)NCc1ccc(CN2CCCCC2)cc1. The van der Waals surface area contributed by atoms with E-state index in [1.165, 1.54) is 37.9 Å². The van der Waals surface area contributed by atoms with Crippen molar-refractivity contribution in [2.24, 2.45) is 0 Å². The highest BCUT2D eigenvalue weighted by molar-refractivity contribution is 9.10. The van der Waals surface area contributed by atoms with Gasteiger partial charge in [0.1, 0.15) is 5.75 Å². The third-order valence-corrected chi connectivity index (χ3v) is 5.37. The molecule has 2 aromatic carbocycles. The molecule has 1 fully saturated rings. The molecular formula is C22H27BrN2O2. The van der Waals surface area contributed by atoms with Crippen LogP contribution in [0, 0.1) is 0 Å². The lowest BCUT2D eigenvalue weighted by molar-refractivity contribution is -0.127. The summed E-state index contributed by atoms with van der Waals surface area (Å²) in [4.78, 5) is 14.8. The largest absolute Gasteiger partial charge is 0.481 e. The second-order valence-electron chi connectivity index (χ2n) is 7.09. The number of amides is 1. The van der Waals surface area contributed by atoms with Crippen molar-refractivity contribution in [1.82, 2.24) is 10.2 Å². The van der Waals surface area contributed by atoms with E-state index in [0.29, 0.717) is 12.3 Å². The lowest BCUT2D eigenvalue weighted by atomic mass is 10.1. The molecule has 2 aromatic rings. The van der Waals surface area contributed by atoms with Gasteiger partial charge in [-0.2, -0.15) is 0 Å². The fourth-order valence-electron chi connectivity index (χ4n) is 3.24. The summed E-state index contributed by atoms with van der Waals surface area (Å²) in [7, 11) is 0. The van der Waals surface area contributed by atoms with E-state index in [-0.39, 0.29) is 5.91 Å². The second kappa shape index (κ2) is 9.90. The van der Waals surface area contributed by atoms with Crippen molar-refractivity contribution in [3.8, 4) is 5.75 Å². The number of ether oxygens (including phenoxy) is 1. The zero-order chi connectivity index (χ0) is 19.1. The average Bonchev–Trinajstić information content (AvgIpc) is 2.69. The molecule has 0 aliphatic carbocycles. The van der Waals surface area contributed by atoms with Crippen molar-refractivity contribution in [3.05, 3.63) is 64.1 Å². The number of carbonyl (C=O) groups is 1. The number of nitrogens with zero attached hydrogens (tertiary/aromatic N) is 1. The first-order chi connectivity index (χ1) is 13.1. The number of nitrogens with one attached hydrogen (secondary N) is 1. The molecule has 0 spiro atoms. The van der Waals surface area contributed by atoms with E-state index in [4.69, 9.17) is 4.74 Å². The predicted octanol–water partition coefficient (Wildman–Crippen LogP) is 4.52. The first kappa shape index (κ1) is 19.9. The summed E-state index contributed by atoms with van der Waals surface area (Å²) < 4.78 is 6.67. The van der Waals surface area contributed by atoms with Crippen LogP contribution in [0.1, 0.15) is 37.3 Å². The van der Waals surface area contributed by atoms with Crippen LogP contribution < -0.4 is 10.1 Å². The number of benzene rings is 2. The topological polar surface area (TPSA) is 41.6 Å². The Bertz CT molecular complexity index is 725. The highest BCUT2D eigenvalue weighted by Crippen LogP contribution is 2.17. The fraction of sp³-hybridized carbons (Fsp3) is 0.409. The minimum absolute atomic E-state index is 0.115. The Balaban J connectivity index is 1.44. The molecule has 0 radical (unpaired) electrons. The van der Waals surface area contributed by atoms with E-state index in [2.05, 4.69) is 50.4 Å². The van der Waals surface area contributed by atoms with Gasteiger partial charge < -0.3 is 10.1 Å². The molecule has 1 aliphatic heterocycles. The van der Waals surface area contributed by atoms with Gasteiger partial charge >= 0.3 is 0 Å². The van der Waals surface area contributed by atoms with Gasteiger partial charge in [-0.1, -0.05) is 46.6 Å². The lowest BCUT2D eigenvalue weighted by Gasteiger charge is -2.26. The minimum Gasteiger partial charge on any atom is -0.481 e. The molecule has 0 aromatic heterocycles. The summed E-state index contributed by atoms with van der Waals surface area (Å²) in [6.45, 7) is 5.70. The van der Waals surface area contributed by atoms with E-state index in [1.807, 2.05) is 24.3 Å². The molecule has 1 saturated heterocycles. The zero-order valence-electron chi connectivity index (χ0n) is 15.8. The Morgan fingerprint density at radius 2 is 1.67 bits per heavy atom. The van der Waals surface area contributed by atoms with Crippen LogP contribution in [0.25, 0.3) is 0 Å². The van der Waals surface area contributed by atoms with Gasteiger partial charge in [0.15, 0.2) is 6.10 Å². The first-order valence-electron chi connectivity index (χ1n) is 9.60. The Hall–Kier alpha value is -1.85. The molecule has 5 heteroatoms. The predicted molar refractivity (Wildman–Crippen MR) is 112 cm³/mol. The van der Waals surface area contributed by atoms with E-state index in [9.17, 15) is 4.79 Å². The van der Waals surface area contributed by atoms with Crippen molar-refractivity contribution in [3.63, 3.8) is 0 Å². The third-order valence-electron chi connectivity index (χ3n) is 4.84. The molecule has 144 valence electrons. The molecule has 1 amide bonds. The summed E-state index contributed by atoms with van der Waals surface area (Å²) >= 11 is 3.39. The molecular weight excluding hydrogens is 404 g/mol. The minimum atomic E-state index is -0.537. The van der Waals surface area contributed by atoms with Gasteiger partial charge in [-0.3, -0.25) is 9.69 Å². The summed E-state index contributed by atoms with van der Waals surface area (Å²) in [5.41, 5.74) is 2.43. The van der Waals surface area contributed by atoms with Crippen LogP contribution >= 0.6 is 15.9 Å². The standard InChI is InChI=1S/C22H27BrN2O2/c1-17(27-21-11-9-20(23)10-12-21)22(26)24-15-18-5-7-19(8-6-18)16-25-13-3-2-4-14-25/h5-12,17H,2-4,13-16H2,1H3,(H,24,26)/t17-/m0/s1. The van der Waals surface area contributed by atoms with Crippen molar-refractivity contribution in [2.75, 3.05) is 13.1 Å². The van der Waals surface area contributed by atoms with Crippen LogP contribution in [-0.4, -0.2) is 30.0 Å². The van der Waals surface area contributed by atoms with Gasteiger partial charge in [-0.15, -0.1) is 0 Å². The number of likely N-dealkylation sites (tertiary alicyclic amines) is 1. The van der Waals surface area contributed by atoms with E-state index < -0.39 is 6.10 Å². The monoisotopic (exact) mass is 430 g/mol. The maximum atomic E-state index is 12.3. The number of hydrogen-bond donors (Lipinski definition) is 1. The fourth-order valence-corrected chi connectivity index (χ4v) is 3.51. The van der Waals surface area contributed by atoms with Crippen LogP contribution in [0.5, 0.6) is 5.75 Å². The molecule has 1 atom stereocenters. The third kappa shape index (κ3) is 6.36. The Kier molecular flexibility index (Phi) is 7.30. The van der Waals surface area contributed by atoms with Gasteiger partial charge in [0.05, 0.1) is 0 Å². The number of rotatable bonds is 7. The number of halogens is 1. The maximum absolute atomic E-state index is 12.3. The molecule has 1 aliphatic rings. The summed E-state index contributed by atoms with van der Waals surface area (Å²) in [6, 6.07) is 16.0. The van der Waals surface area contributed by atoms with Crippen LogP contribution in [0.3, 0.4) is 0 Å². The molecule has 4 nitrogen and oxygen atoms in total. The molecule has 3 rings (SSSR count). The normalized spacial score (nSPS) is 15.9. The van der Waals surface area contributed by atoms with Gasteiger partial charge in [-0.05, 0) is 68.2 Å². The van der Waals surface area contributed by atoms with Crippen LogP contribution in [0.15, 0.2) is 53.0 Å². The smallest absolute Gasteiger partial charge is 0.261 e. The quantitative estimate of drug-likeness (QED) is 0.701. The summed E-state index contributed by atoms with van der Waals surface area (Å²) in [6.07, 6.45) is 3.44. The van der Waals surface area contributed by atoms with Crippen LogP contribution in [0.4, 0.5) is 0 Å². The number of carbonyl (C=O) groups excluding carboxylic acids is 1. The van der Waals surface area contributed by atoms with Gasteiger partial charge in [0.25, 0.3) is 5.91 Å². The number of hydrogen-bond acceptors (Lipinski definition) is 3. The lowest BCUT2D eigenvalue weighted by Crippen LogP contribution is -2.35. The summed E-state index contributed by atoms with van der Waals surface area (Å²) in [5.74, 6) is 0.568. The zero-order valence-corrected chi connectivity index (χ0v) is 17.4. The Morgan fingerprint density at radius 3 is 2.33 bits per heavy atom. The van der Waals surface area contributed by atoms with Crippen molar-refractivity contribution < 1.29 is 9.53 Å². The first-order valence-corrected chi connectivity index (χ1v) is 10.4. The molecule has 0 saturated carbocycles. The Labute approximate surface area is 170 Å². The highest BCUT2D eigenvalue weighted by atomic mass is 79.9. The van der Waals surface area contributed by atoms with Crippen LogP contribution in [-0.2, 0) is 17.9 Å². The average molecular weight is 431 g/mol. The van der Waals surface area contributed by atoms with Crippen molar-refractivity contribution in [2.45, 2.75) is 45.4 Å². The summed E-state index contributed by atoms with van der Waals surface area (Å²) in [5, 5.41) is 2.95. The molecule has 0 bridgehead atoms. The molecule has 27 heavy (non-hydrogen) atoms. The highest BCUT2D eigenvalue weighted by Gasteiger charge is 2.14. The maximum Gasteiger partial charge on any atom is 0.261 e.